The van der Waals surface area contributed by atoms with Crippen LogP contribution in [0.5, 0.6) is 0 Å². The monoisotopic (exact) mass is 323 g/mol. The van der Waals surface area contributed by atoms with Crippen LogP contribution >= 0.6 is 0 Å². The SMILES string of the molecule is FC(F)(F)c1cc(-c2ccccc2)nc(NCC2CCCO2)n1. The molecule has 2 aromatic rings. The molecule has 0 bridgehead atoms. The Kier molecular flexibility index (Phi) is 4.47. The molecule has 3 rings (SSSR count). The van der Waals surface area contributed by atoms with Crippen molar-refractivity contribution in [1.29, 1.82) is 0 Å². The Morgan fingerprint density at radius 2 is 1.96 bits per heavy atom. The number of ether oxygens (including phenoxy) is 1. The molecule has 1 aromatic carbocycles. The summed E-state index contributed by atoms with van der Waals surface area (Å²) in [5.74, 6) is -0.0332. The molecule has 0 amide bonds. The van der Waals surface area contributed by atoms with Crippen LogP contribution in [0, 0.1) is 0 Å². The molecule has 1 fully saturated rings. The van der Waals surface area contributed by atoms with Gasteiger partial charge in [0.1, 0.15) is 0 Å². The van der Waals surface area contributed by atoms with Gasteiger partial charge in [0.25, 0.3) is 0 Å². The largest absolute Gasteiger partial charge is 0.433 e. The normalized spacial score (nSPS) is 18.1. The van der Waals surface area contributed by atoms with Crippen LogP contribution in [0.2, 0.25) is 0 Å². The predicted octanol–water partition coefficient (Wildman–Crippen LogP) is 3.75. The van der Waals surface area contributed by atoms with Gasteiger partial charge in [-0.2, -0.15) is 13.2 Å². The van der Waals surface area contributed by atoms with Crippen LogP contribution in [0.15, 0.2) is 36.4 Å². The second kappa shape index (κ2) is 6.54. The first kappa shape index (κ1) is 15.7. The van der Waals surface area contributed by atoms with Crippen molar-refractivity contribution in [2.24, 2.45) is 0 Å². The second-order valence-electron chi connectivity index (χ2n) is 5.34. The number of rotatable bonds is 4. The van der Waals surface area contributed by atoms with E-state index in [2.05, 4.69) is 15.3 Å². The molecule has 1 aliphatic rings. The first-order valence-electron chi connectivity index (χ1n) is 7.39. The van der Waals surface area contributed by atoms with Crippen molar-refractivity contribution in [3.8, 4) is 11.3 Å². The van der Waals surface area contributed by atoms with Crippen LogP contribution in [-0.4, -0.2) is 29.2 Å². The highest BCUT2D eigenvalue weighted by atomic mass is 19.4. The van der Waals surface area contributed by atoms with Gasteiger partial charge in [0.15, 0.2) is 5.69 Å². The quantitative estimate of drug-likeness (QED) is 0.931. The summed E-state index contributed by atoms with van der Waals surface area (Å²) in [6.45, 7) is 1.08. The van der Waals surface area contributed by atoms with E-state index in [0.29, 0.717) is 18.7 Å². The van der Waals surface area contributed by atoms with Gasteiger partial charge in [0.05, 0.1) is 11.8 Å². The van der Waals surface area contributed by atoms with E-state index in [1.165, 1.54) is 0 Å². The third-order valence-corrected chi connectivity index (χ3v) is 3.60. The van der Waals surface area contributed by atoms with Crippen molar-refractivity contribution < 1.29 is 17.9 Å². The zero-order chi connectivity index (χ0) is 16.3. The fraction of sp³-hybridized carbons (Fsp3) is 0.375. The minimum absolute atomic E-state index is 0.00619. The van der Waals surface area contributed by atoms with Gasteiger partial charge in [-0.25, -0.2) is 9.97 Å². The molecule has 7 heteroatoms. The van der Waals surface area contributed by atoms with Gasteiger partial charge in [-0.3, -0.25) is 0 Å². The molecule has 23 heavy (non-hydrogen) atoms. The van der Waals surface area contributed by atoms with Crippen molar-refractivity contribution >= 4 is 5.95 Å². The molecule has 2 heterocycles. The molecule has 122 valence electrons. The molecule has 0 saturated carbocycles. The summed E-state index contributed by atoms with van der Waals surface area (Å²) in [6, 6.07) is 9.70. The Balaban J connectivity index is 1.88. The van der Waals surface area contributed by atoms with Crippen LogP contribution in [0.1, 0.15) is 18.5 Å². The van der Waals surface area contributed by atoms with Gasteiger partial charge >= 0.3 is 6.18 Å². The van der Waals surface area contributed by atoms with E-state index >= 15 is 0 Å². The van der Waals surface area contributed by atoms with Crippen LogP contribution in [0.3, 0.4) is 0 Å². The number of halogens is 3. The van der Waals surface area contributed by atoms with E-state index in [-0.39, 0.29) is 17.7 Å². The lowest BCUT2D eigenvalue weighted by atomic mass is 10.1. The van der Waals surface area contributed by atoms with Gasteiger partial charge < -0.3 is 10.1 Å². The van der Waals surface area contributed by atoms with Gasteiger partial charge in [-0.1, -0.05) is 30.3 Å². The zero-order valence-electron chi connectivity index (χ0n) is 12.3. The Hall–Kier alpha value is -2.15. The smallest absolute Gasteiger partial charge is 0.376 e. The molecule has 0 radical (unpaired) electrons. The second-order valence-corrected chi connectivity index (χ2v) is 5.34. The number of nitrogens with zero attached hydrogens (tertiary/aromatic N) is 2. The summed E-state index contributed by atoms with van der Waals surface area (Å²) in [5, 5.41) is 2.86. The van der Waals surface area contributed by atoms with E-state index < -0.39 is 11.9 Å². The molecule has 1 aliphatic heterocycles. The van der Waals surface area contributed by atoms with Gasteiger partial charge in [0.2, 0.25) is 5.95 Å². The Labute approximate surface area is 131 Å². The maximum Gasteiger partial charge on any atom is 0.433 e. The van der Waals surface area contributed by atoms with Crippen molar-refractivity contribution in [1.82, 2.24) is 9.97 Å². The summed E-state index contributed by atoms with van der Waals surface area (Å²) in [6.07, 6.45) is -2.68. The molecule has 1 saturated heterocycles. The van der Waals surface area contributed by atoms with Crippen LogP contribution < -0.4 is 5.32 Å². The topological polar surface area (TPSA) is 47.0 Å². The van der Waals surface area contributed by atoms with Gasteiger partial charge in [-0.05, 0) is 18.9 Å². The number of nitrogens with one attached hydrogen (secondary N) is 1. The molecule has 1 unspecified atom stereocenters. The molecule has 0 aliphatic carbocycles. The highest BCUT2D eigenvalue weighted by Crippen LogP contribution is 2.31. The minimum atomic E-state index is -4.52. The number of hydrogen-bond acceptors (Lipinski definition) is 4. The minimum Gasteiger partial charge on any atom is -0.376 e. The summed E-state index contributed by atoms with van der Waals surface area (Å²) in [5.41, 5.74) is -0.107. The first-order valence-corrected chi connectivity index (χ1v) is 7.39. The van der Waals surface area contributed by atoms with Crippen LogP contribution in [0.25, 0.3) is 11.3 Å². The standard InChI is InChI=1S/C16H16F3N3O/c17-16(18,19)14-9-13(11-5-2-1-3-6-11)21-15(22-14)20-10-12-7-4-8-23-12/h1-3,5-6,9,12H,4,7-8,10H2,(H,20,21,22). The third kappa shape index (κ3) is 3.98. The van der Waals surface area contributed by atoms with Crippen molar-refractivity contribution in [3.63, 3.8) is 0 Å². The summed E-state index contributed by atoms with van der Waals surface area (Å²) >= 11 is 0. The van der Waals surface area contributed by atoms with Gasteiger partial charge in [0, 0.05) is 18.7 Å². The van der Waals surface area contributed by atoms with E-state index in [9.17, 15) is 13.2 Å². The molecule has 0 spiro atoms. The Bertz CT molecular complexity index is 655. The molecular formula is C16H16F3N3O. The fourth-order valence-corrected chi connectivity index (χ4v) is 2.44. The predicted molar refractivity (Wildman–Crippen MR) is 79.9 cm³/mol. The molecule has 1 aromatic heterocycles. The average Bonchev–Trinajstić information content (AvgIpc) is 3.06. The number of anilines is 1. The maximum absolute atomic E-state index is 13.1. The lowest BCUT2D eigenvalue weighted by Crippen LogP contribution is -2.21. The van der Waals surface area contributed by atoms with E-state index in [1.54, 1.807) is 30.3 Å². The number of hydrogen-bond donors (Lipinski definition) is 1. The fourth-order valence-electron chi connectivity index (χ4n) is 2.44. The Morgan fingerprint density at radius 3 is 2.61 bits per heavy atom. The molecule has 1 atom stereocenters. The average molecular weight is 323 g/mol. The molecule has 1 N–H and O–H groups in total. The zero-order valence-corrected chi connectivity index (χ0v) is 12.3. The van der Waals surface area contributed by atoms with E-state index in [0.717, 1.165) is 18.9 Å². The lowest BCUT2D eigenvalue weighted by molar-refractivity contribution is -0.141. The van der Waals surface area contributed by atoms with Crippen molar-refractivity contribution in [2.45, 2.75) is 25.1 Å². The van der Waals surface area contributed by atoms with E-state index in [1.807, 2.05) is 0 Å². The molecule has 4 nitrogen and oxygen atoms in total. The molecular weight excluding hydrogens is 307 g/mol. The van der Waals surface area contributed by atoms with Crippen molar-refractivity contribution in [3.05, 3.63) is 42.1 Å². The Morgan fingerprint density at radius 1 is 1.17 bits per heavy atom. The van der Waals surface area contributed by atoms with Crippen LogP contribution in [0.4, 0.5) is 19.1 Å². The number of alkyl halides is 3. The summed E-state index contributed by atoms with van der Waals surface area (Å²) in [4.78, 5) is 7.79. The number of benzene rings is 1. The van der Waals surface area contributed by atoms with Crippen molar-refractivity contribution in [2.75, 3.05) is 18.5 Å². The van der Waals surface area contributed by atoms with E-state index in [4.69, 9.17) is 4.74 Å². The van der Waals surface area contributed by atoms with Crippen LogP contribution in [-0.2, 0) is 10.9 Å². The first-order chi connectivity index (χ1) is 11.0. The highest BCUT2D eigenvalue weighted by Gasteiger charge is 2.34. The summed E-state index contributed by atoms with van der Waals surface area (Å²) < 4.78 is 44.6. The highest BCUT2D eigenvalue weighted by molar-refractivity contribution is 5.60. The summed E-state index contributed by atoms with van der Waals surface area (Å²) in [7, 11) is 0. The van der Waals surface area contributed by atoms with Gasteiger partial charge in [-0.15, -0.1) is 0 Å². The third-order valence-electron chi connectivity index (χ3n) is 3.60. The number of aromatic nitrogens is 2. The lowest BCUT2D eigenvalue weighted by Gasteiger charge is -2.14. The maximum atomic E-state index is 13.1.